The summed E-state index contributed by atoms with van der Waals surface area (Å²) in [6, 6.07) is 0.00623. The van der Waals surface area contributed by atoms with Gasteiger partial charge in [-0.05, 0) is 39.5 Å². The molecule has 3 atom stereocenters. The summed E-state index contributed by atoms with van der Waals surface area (Å²) in [6.07, 6.45) is 2.97. The van der Waals surface area contributed by atoms with Crippen LogP contribution in [0.5, 0.6) is 0 Å². The molecule has 1 aliphatic rings. The monoisotopic (exact) mass is 283 g/mol. The fourth-order valence-electron chi connectivity index (χ4n) is 2.85. The van der Waals surface area contributed by atoms with Crippen molar-refractivity contribution in [2.45, 2.75) is 59.0 Å². The van der Waals surface area contributed by atoms with Crippen LogP contribution in [0.3, 0.4) is 0 Å². The Morgan fingerprint density at radius 2 is 2.00 bits per heavy atom. The molecule has 3 unspecified atom stereocenters. The fraction of sp³-hybridized carbons (Fsp3) is 0.867. The van der Waals surface area contributed by atoms with Gasteiger partial charge in [0, 0.05) is 18.6 Å². The smallest absolute Gasteiger partial charge is 0.239 e. The van der Waals surface area contributed by atoms with E-state index >= 15 is 0 Å². The molecule has 0 bridgehead atoms. The van der Waals surface area contributed by atoms with Gasteiger partial charge in [-0.3, -0.25) is 9.59 Å². The average Bonchev–Trinajstić information content (AvgIpc) is 2.37. The van der Waals surface area contributed by atoms with Gasteiger partial charge in [-0.25, -0.2) is 0 Å². The van der Waals surface area contributed by atoms with E-state index in [1.807, 2.05) is 20.8 Å². The minimum Gasteiger partial charge on any atom is -0.352 e. The minimum absolute atomic E-state index is 0.0328. The van der Waals surface area contributed by atoms with E-state index in [-0.39, 0.29) is 36.4 Å². The van der Waals surface area contributed by atoms with Crippen molar-refractivity contribution in [3.05, 3.63) is 0 Å². The summed E-state index contributed by atoms with van der Waals surface area (Å²) in [5.74, 6) is 0.171. The summed E-state index contributed by atoms with van der Waals surface area (Å²) in [5, 5.41) is 2.82. The van der Waals surface area contributed by atoms with Gasteiger partial charge in [-0.15, -0.1) is 0 Å². The lowest BCUT2D eigenvalue weighted by molar-refractivity contribution is -0.141. The molecular weight excluding hydrogens is 254 g/mol. The first-order valence-electron chi connectivity index (χ1n) is 7.70. The number of nitrogens with zero attached hydrogens (tertiary/aromatic N) is 1. The lowest BCUT2D eigenvalue weighted by atomic mass is 9.77. The molecule has 0 aromatic carbocycles. The third kappa shape index (κ3) is 4.47. The molecule has 0 aromatic rings. The number of hydrogen-bond acceptors (Lipinski definition) is 3. The summed E-state index contributed by atoms with van der Waals surface area (Å²) >= 11 is 0. The molecule has 2 amide bonds. The predicted molar refractivity (Wildman–Crippen MR) is 80.0 cm³/mol. The molecule has 5 nitrogen and oxygen atoms in total. The van der Waals surface area contributed by atoms with Gasteiger partial charge in [0.15, 0.2) is 0 Å². The van der Waals surface area contributed by atoms with E-state index in [0.717, 1.165) is 19.3 Å². The fourth-order valence-corrected chi connectivity index (χ4v) is 2.85. The van der Waals surface area contributed by atoms with Crippen LogP contribution in [-0.2, 0) is 9.59 Å². The normalized spacial score (nSPS) is 26.4. The molecule has 0 heterocycles. The Morgan fingerprint density at radius 1 is 1.35 bits per heavy atom. The summed E-state index contributed by atoms with van der Waals surface area (Å²) in [4.78, 5) is 26.0. The van der Waals surface area contributed by atoms with Crippen LogP contribution in [0.4, 0.5) is 0 Å². The van der Waals surface area contributed by atoms with Crippen molar-refractivity contribution in [2.24, 2.45) is 17.6 Å². The lowest BCUT2D eigenvalue weighted by Crippen LogP contribution is -2.51. The van der Waals surface area contributed by atoms with Crippen molar-refractivity contribution in [1.82, 2.24) is 10.2 Å². The number of amides is 2. The van der Waals surface area contributed by atoms with E-state index in [0.29, 0.717) is 12.5 Å². The van der Waals surface area contributed by atoms with Gasteiger partial charge in [0.2, 0.25) is 11.8 Å². The Morgan fingerprint density at radius 3 is 2.55 bits per heavy atom. The zero-order valence-electron chi connectivity index (χ0n) is 13.2. The maximum absolute atomic E-state index is 12.6. The highest BCUT2D eigenvalue weighted by molar-refractivity contribution is 5.86. The third-order valence-corrected chi connectivity index (χ3v) is 4.09. The number of hydrogen-bond donors (Lipinski definition) is 2. The van der Waals surface area contributed by atoms with Crippen LogP contribution in [-0.4, -0.2) is 41.9 Å². The first kappa shape index (κ1) is 17.0. The van der Waals surface area contributed by atoms with Gasteiger partial charge in [-0.2, -0.15) is 0 Å². The van der Waals surface area contributed by atoms with Gasteiger partial charge >= 0.3 is 0 Å². The second-order valence-corrected chi connectivity index (χ2v) is 6.17. The summed E-state index contributed by atoms with van der Waals surface area (Å²) in [5.41, 5.74) is 6.18. The van der Waals surface area contributed by atoms with Crippen LogP contribution in [0.1, 0.15) is 47.0 Å². The highest BCUT2D eigenvalue weighted by Crippen LogP contribution is 2.29. The maximum Gasteiger partial charge on any atom is 0.239 e. The molecular formula is C15H29N3O2. The largest absolute Gasteiger partial charge is 0.352 e. The van der Waals surface area contributed by atoms with Crippen molar-refractivity contribution < 1.29 is 9.59 Å². The molecule has 3 N–H and O–H groups in total. The number of carbonyl (C=O) groups is 2. The molecule has 0 aromatic heterocycles. The Bertz CT molecular complexity index is 344. The zero-order valence-corrected chi connectivity index (χ0v) is 13.2. The van der Waals surface area contributed by atoms with Gasteiger partial charge < -0.3 is 16.0 Å². The Kier molecular flexibility index (Phi) is 6.46. The zero-order chi connectivity index (χ0) is 15.3. The van der Waals surface area contributed by atoms with Crippen molar-refractivity contribution in [3.8, 4) is 0 Å². The van der Waals surface area contributed by atoms with Crippen LogP contribution >= 0.6 is 0 Å². The van der Waals surface area contributed by atoms with Crippen LogP contribution in [0.2, 0.25) is 0 Å². The van der Waals surface area contributed by atoms with Crippen molar-refractivity contribution in [2.75, 3.05) is 13.1 Å². The van der Waals surface area contributed by atoms with Gasteiger partial charge in [0.25, 0.3) is 0 Å². The van der Waals surface area contributed by atoms with E-state index in [1.54, 1.807) is 4.90 Å². The second kappa shape index (κ2) is 7.62. The van der Waals surface area contributed by atoms with Crippen LogP contribution < -0.4 is 11.1 Å². The Hall–Kier alpha value is -1.10. The van der Waals surface area contributed by atoms with Crippen LogP contribution in [0, 0.1) is 11.8 Å². The summed E-state index contributed by atoms with van der Waals surface area (Å²) in [6.45, 7) is 8.50. The third-order valence-electron chi connectivity index (χ3n) is 4.09. The molecule has 1 fully saturated rings. The lowest BCUT2D eigenvalue weighted by Gasteiger charge is -2.35. The molecule has 0 radical (unpaired) electrons. The van der Waals surface area contributed by atoms with Crippen LogP contribution in [0.25, 0.3) is 0 Å². The molecule has 0 saturated heterocycles. The van der Waals surface area contributed by atoms with Gasteiger partial charge in [0.05, 0.1) is 12.5 Å². The summed E-state index contributed by atoms with van der Waals surface area (Å²) < 4.78 is 0. The highest BCUT2D eigenvalue weighted by Gasteiger charge is 2.35. The topological polar surface area (TPSA) is 75.4 Å². The molecule has 1 rings (SSSR count). The molecule has 1 saturated carbocycles. The minimum atomic E-state index is -0.134. The molecule has 116 valence electrons. The standard InChI is InChI=1S/C15H29N3O2/c1-5-18(9-13(19)17-10(2)3)15(20)12-8-6-7-11(4)14(12)16/h10-12,14H,5-9,16H2,1-4H3,(H,17,19). The number of nitrogens with two attached hydrogens (primary N) is 1. The van der Waals surface area contributed by atoms with E-state index in [9.17, 15) is 9.59 Å². The Labute approximate surface area is 122 Å². The first-order chi connectivity index (χ1) is 9.36. The van der Waals surface area contributed by atoms with Gasteiger partial charge in [-0.1, -0.05) is 13.3 Å². The maximum atomic E-state index is 12.6. The molecule has 0 aliphatic heterocycles. The SMILES string of the molecule is CCN(CC(=O)NC(C)C)C(=O)C1CCCC(C)C1N. The predicted octanol–water partition coefficient (Wildman–Crippen LogP) is 1.12. The van der Waals surface area contributed by atoms with E-state index in [1.165, 1.54) is 0 Å². The number of likely N-dealkylation sites (N-methyl/N-ethyl adjacent to an activating group) is 1. The summed E-state index contributed by atoms with van der Waals surface area (Å²) in [7, 11) is 0. The number of carbonyl (C=O) groups excluding carboxylic acids is 2. The van der Waals surface area contributed by atoms with E-state index in [2.05, 4.69) is 12.2 Å². The van der Waals surface area contributed by atoms with Crippen molar-refractivity contribution in [3.63, 3.8) is 0 Å². The average molecular weight is 283 g/mol. The second-order valence-electron chi connectivity index (χ2n) is 6.17. The van der Waals surface area contributed by atoms with Crippen molar-refractivity contribution >= 4 is 11.8 Å². The van der Waals surface area contributed by atoms with E-state index < -0.39 is 0 Å². The Balaban J connectivity index is 2.64. The highest BCUT2D eigenvalue weighted by atomic mass is 16.2. The first-order valence-corrected chi connectivity index (χ1v) is 7.70. The molecule has 1 aliphatic carbocycles. The molecule has 20 heavy (non-hydrogen) atoms. The van der Waals surface area contributed by atoms with Crippen molar-refractivity contribution in [1.29, 1.82) is 0 Å². The number of nitrogens with one attached hydrogen (secondary N) is 1. The van der Waals surface area contributed by atoms with Crippen LogP contribution in [0.15, 0.2) is 0 Å². The van der Waals surface area contributed by atoms with Gasteiger partial charge in [0.1, 0.15) is 0 Å². The van der Waals surface area contributed by atoms with E-state index in [4.69, 9.17) is 5.73 Å². The number of rotatable bonds is 5. The quantitative estimate of drug-likeness (QED) is 0.794. The molecule has 0 spiro atoms. The molecule has 5 heteroatoms.